The number of amides is 1. The molecule has 1 aromatic carbocycles. The predicted molar refractivity (Wildman–Crippen MR) is 68.0 cm³/mol. The highest BCUT2D eigenvalue weighted by Gasteiger charge is 2.21. The Morgan fingerprint density at radius 3 is 2.75 bits per heavy atom. The van der Waals surface area contributed by atoms with Crippen LogP contribution in [0.25, 0.3) is 0 Å². The van der Waals surface area contributed by atoms with Crippen molar-refractivity contribution in [1.29, 1.82) is 0 Å². The molecule has 2 aromatic rings. The van der Waals surface area contributed by atoms with Crippen LogP contribution in [0, 0.1) is 15.9 Å². The number of halogens is 2. The number of carbonyl (C=O) groups is 1. The summed E-state index contributed by atoms with van der Waals surface area (Å²) in [6, 6.07) is 3.91. The van der Waals surface area contributed by atoms with E-state index in [1.807, 2.05) is 0 Å². The molecule has 0 spiro atoms. The van der Waals surface area contributed by atoms with Gasteiger partial charge in [0.15, 0.2) is 0 Å². The highest BCUT2D eigenvalue weighted by molar-refractivity contribution is 6.29. The normalized spacial score (nSPS) is 10.1. The molecule has 1 N–H and O–H groups in total. The second kappa shape index (κ2) is 5.57. The molecule has 0 unspecified atom stereocenters. The second-order valence-corrected chi connectivity index (χ2v) is 3.99. The van der Waals surface area contributed by atoms with Crippen LogP contribution in [0.15, 0.2) is 30.6 Å². The molecule has 0 radical (unpaired) electrons. The molecule has 0 atom stereocenters. The van der Waals surface area contributed by atoms with Crippen molar-refractivity contribution in [3.8, 4) is 0 Å². The summed E-state index contributed by atoms with van der Waals surface area (Å²) in [7, 11) is 0. The van der Waals surface area contributed by atoms with E-state index in [9.17, 15) is 19.3 Å². The van der Waals surface area contributed by atoms with Crippen molar-refractivity contribution < 1.29 is 14.1 Å². The maximum atomic E-state index is 13.0. The lowest BCUT2D eigenvalue weighted by molar-refractivity contribution is -0.385. The van der Waals surface area contributed by atoms with Crippen molar-refractivity contribution >= 4 is 29.0 Å². The van der Waals surface area contributed by atoms with Gasteiger partial charge in [-0.15, -0.1) is 0 Å². The summed E-state index contributed by atoms with van der Waals surface area (Å²) in [6.45, 7) is 0. The third-order valence-electron chi connectivity index (χ3n) is 2.28. The van der Waals surface area contributed by atoms with E-state index in [0.717, 1.165) is 18.5 Å². The first-order chi connectivity index (χ1) is 9.47. The predicted octanol–water partition coefficient (Wildman–Crippen LogP) is 2.43. The summed E-state index contributed by atoms with van der Waals surface area (Å²) in [5.41, 5.74) is -0.922. The monoisotopic (exact) mass is 296 g/mol. The minimum absolute atomic E-state index is 0.0774. The Bertz CT molecular complexity index is 695. The summed E-state index contributed by atoms with van der Waals surface area (Å²) in [5.74, 6) is -1.53. The lowest BCUT2D eigenvalue weighted by atomic mass is 10.1. The van der Waals surface area contributed by atoms with Crippen molar-refractivity contribution in [2.45, 2.75) is 0 Å². The molecule has 7 nitrogen and oxygen atoms in total. The van der Waals surface area contributed by atoms with Crippen LogP contribution in [-0.2, 0) is 0 Å². The number of hydrogen-bond acceptors (Lipinski definition) is 5. The van der Waals surface area contributed by atoms with Crippen LogP contribution < -0.4 is 5.32 Å². The summed E-state index contributed by atoms with van der Waals surface area (Å²) in [4.78, 5) is 29.2. The van der Waals surface area contributed by atoms with E-state index in [2.05, 4.69) is 15.3 Å². The molecule has 1 amide bonds. The first-order valence-corrected chi connectivity index (χ1v) is 5.58. The van der Waals surface area contributed by atoms with Gasteiger partial charge in [-0.2, -0.15) is 0 Å². The quantitative estimate of drug-likeness (QED) is 0.533. The number of nitrogens with zero attached hydrogens (tertiary/aromatic N) is 3. The third kappa shape index (κ3) is 3.04. The largest absolute Gasteiger partial charge is 0.306 e. The minimum Gasteiger partial charge on any atom is -0.306 e. The Labute approximate surface area is 116 Å². The number of hydrogen-bond donors (Lipinski definition) is 1. The number of rotatable bonds is 3. The lowest BCUT2D eigenvalue weighted by Crippen LogP contribution is -2.15. The molecule has 20 heavy (non-hydrogen) atoms. The third-order valence-corrected chi connectivity index (χ3v) is 2.48. The SMILES string of the molecule is O=C(Nc1cc(Cl)ncn1)c1ccc(F)cc1[N+](=O)[O-]. The highest BCUT2D eigenvalue weighted by Crippen LogP contribution is 2.21. The van der Waals surface area contributed by atoms with E-state index in [-0.39, 0.29) is 16.5 Å². The molecule has 0 bridgehead atoms. The maximum Gasteiger partial charge on any atom is 0.285 e. The van der Waals surface area contributed by atoms with Crippen molar-refractivity contribution in [3.05, 3.63) is 57.2 Å². The molecular formula is C11H6ClFN4O3. The molecule has 102 valence electrons. The average Bonchev–Trinajstić information content (AvgIpc) is 2.38. The van der Waals surface area contributed by atoms with Crippen molar-refractivity contribution in [3.63, 3.8) is 0 Å². The van der Waals surface area contributed by atoms with Crippen LogP contribution in [0.4, 0.5) is 15.9 Å². The van der Waals surface area contributed by atoms with Gasteiger partial charge in [0.25, 0.3) is 11.6 Å². The van der Waals surface area contributed by atoms with Crippen molar-refractivity contribution in [1.82, 2.24) is 9.97 Å². The molecular weight excluding hydrogens is 291 g/mol. The summed E-state index contributed by atoms with van der Waals surface area (Å²) in [6.07, 6.45) is 1.12. The number of anilines is 1. The summed E-state index contributed by atoms with van der Waals surface area (Å²) < 4.78 is 13.0. The van der Waals surface area contributed by atoms with E-state index in [0.29, 0.717) is 6.07 Å². The van der Waals surface area contributed by atoms with Gasteiger partial charge in [0.1, 0.15) is 28.7 Å². The zero-order valence-corrected chi connectivity index (χ0v) is 10.5. The van der Waals surface area contributed by atoms with Gasteiger partial charge < -0.3 is 5.32 Å². The van der Waals surface area contributed by atoms with Gasteiger partial charge in [0.05, 0.1) is 11.0 Å². The van der Waals surface area contributed by atoms with E-state index >= 15 is 0 Å². The van der Waals surface area contributed by atoms with E-state index < -0.39 is 22.3 Å². The van der Waals surface area contributed by atoms with Crippen molar-refractivity contribution in [2.24, 2.45) is 0 Å². The molecule has 2 rings (SSSR count). The fourth-order valence-electron chi connectivity index (χ4n) is 1.43. The molecule has 0 aliphatic heterocycles. The van der Waals surface area contributed by atoms with Gasteiger partial charge in [-0.05, 0) is 12.1 Å². The van der Waals surface area contributed by atoms with Crippen LogP contribution in [0.1, 0.15) is 10.4 Å². The van der Waals surface area contributed by atoms with Crippen LogP contribution >= 0.6 is 11.6 Å². The molecule has 1 heterocycles. The van der Waals surface area contributed by atoms with E-state index in [1.165, 1.54) is 6.07 Å². The lowest BCUT2D eigenvalue weighted by Gasteiger charge is -2.05. The summed E-state index contributed by atoms with van der Waals surface area (Å²) in [5, 5.41) is 13.2. The molecule has 0 aliphatic rings. The Morgan fingerprint density at radius 1 is 1.35 bits per heavy atom. The van der Waals surface area contributed by atoms with E-state index in [4.69, 9.17) is 11.6 Å². The number of aromatic nitrogens is 2. The fourth-order valence-corrected chi connectivity index (χ4v) is 1.58. The molecule has 0 fully saturated rings. The van der Waals surface area contributed by atoms with Crippen LogP contribution in [0.2, 0.25) is 5.15 Å². The van der Waals surface area contributed by atoms with E-state index in [1.54, 1.807) is 0 Å². The molecule has 0 saturated carbocycles. The standard InChI is InChI=1S/C11H6ClFN4O3/c12-9-4-10(15-5-14-9)16-11(18)7-2-1-6(13)3-8(7)17(19)20/h1-5H,(H,14,15,16,18). The Kier molecular flexibility index (Phi) is 3.85. The zero-order valence-electron chi connectivity index (χ0n) is 9.71. The van der Waals surface area contributed by atoms with Crippen LogP contribution in [0.5, 0.6) is 0 Å². The number of nitro groups is 1. The average molecular weight is 297 g/mol. The maximum absolute atomic E-state index is 13.0. The van der Waals surface area contributed by atoms with Crippen LogP contribution in [-0.4, -0.2) is 20.8 Å². The number of nitrogens with one attached hydrogen (secondary N) is 1. The number of nitro benzene ring substituents is 1. The Morgan fingerprint density at radius 2 is 2.10 bits per heavy atom. The topological polar surface area (TPSA) is 98.0 Å². The molecule has 9 heteroatoms. The van der Waals surface area contributed by atoms with Gasteiger partial charge in [-0.25, -0.2) is 14.4 Å². The number of carbonyl (C=O) groups excluding carboxylic acids is 1. The zero-order chi connectivity index (χ0) is 14.7. The fraction of sp³-hybridized carbons (Fsp3) is 0. The highest BCUT2D eigenvalue weighted by atomic mass is 35.5. The summed E-state index contributed by atoms with van der Waals surface area (Å²) >= 11 is 5.62. The second-order valence-electron chi connectivity index (χ2n) is 3.60. The van der Waals surface area contributed by atoms with Crippen molar-refractivity contribution in [2.75, 3.05) is 5.32 Å². The first-order valence-electron chi connectivity index (χ1n) is 5.20. The van der Waals surface area contributed by atoms with Crippen LogP contribution in [0.3, 0.4) is 0 Å². The molecule has 0 aliphatic carbocycles. The van der Waals surface area contributed by atoms with Gasteiger partial charge in [0, 0.05) is 6.07 Å². The Hall–Kier alpha value is -2.61. The van der Waals surface area contributed by atoms with Gasteiger partial charge in [0.2, 0.25) is 0 Å². The first kappa shape index (κ1) is 13.8. The van der Waals surface area contributed by atoms with Gasteiger partial charge >= 0.3 is 0 Å². The number of benzene rings is 1. The van der Waals surface area contributed by atoms with Gasteiger partial charge in [-0.1, -0.05) is 11.6 Å². The smallest absolute Gasteiger partial charge is 0.285 e. The Balaban J connectivity index is 2.32. The molecule has 1 aromatic heterocycles. The van der Waals surface area contributed by atoms with Gasteiger partial charge in [-0.3, -0.25) is 14.9 Å². The molecule has 0 saturated heterocycles. The minimum atomic E-state index is -0.842.